The molecule has 132 valence electrons. The molecule has 5 heteroatoms. The van der Waals surface area contributed by atoms with Crippen molar-refractivity contribution < 1.29 is 18.8 Å². The zero-order valence-electron chi connectivity index (χ0n) is 14.9. The Labute approximate surface area is 148 Å². The van der Waals surface area contributed by atoms with E-state index in [0.29, 0.717) is 11.3 Å². The Hall–Kier alpha value is -2.24. The maximum atomic E-state index is 12.3. The van der Waals surface area contributed by atoms with Gasteiger partial charge in [-0.05, 0) is 37.1 Å². The number of hydrogen-bond acceptors (Lipinski definition) is 4. The highest BCUT2D eigenvalue weighted by Crippen LogP contribution is 2.17. The van der Waals surface area contributed by atoms with E-state index < -0.39 is 0 Å². The summed E-state index contributed by atoms with van der Waals surface area (Å²) in [5.41, 5.74) is 2.72. The maximum absolute atomic E-state index is 12.3. The van der Waals surface area contributed by atoms with Crippen LogP contribution >= 0.6 is 0 Å². The molecule has 0 radical (unpaired) electrons. The molecule has 2 heterocycles. The molecule has 1 aliphatic heterocycles. The first-order chi connectivity index (χ1) is 12.1. The van der Waals surface area contributed by atoms with Crippen LogP contribution in [0.4, 0.5) is 0 Å². The lowest BCUT2D eigenvalue weighted by atomic mass is 10.1. The summed E-state index contributed by atoms with van der Waals surface area (Å²) in [6.07, 6.45) is 3.86. The molecule has 1 fully saturated rings. The Bertz CT molecular complexity index is 702. The monoisotopic (exact) mass is 341 g/mol. The van der Waals surface area contributed by atoms with Crippen LogP contribution in [0.5, 0.6) is 5.75 Å². The Morgan fingerprint density at radius 1 is 1.12 bits per heavy atom. The van der Waals surface area contributed by atoms with Gasteiger partial charge in [-0.25, -0.2) is 9.36 Å². The first-order valence-corrected chi connectivity index (χ1v) is 8.70. The van der Waals surface area contributed by atoms with Crippen LogP contribution < -0.4 is 9.30 Å². The van der Waals surface area contributed by atoms with E-state index in [0.717, 1.165) is 50.5 Å². The van der Waals surface area contributed by atoms with E-state index in [9.17, 15) is 4.79 Å². The van der Waals surface area contributed by atoms with Crippen LogP contribution in [0.3, 0.4) is 0 Å². The lowest BCUT2D eigenvalue weighted by Crippen LogP contribution is -2.44. The van der Waals surface area contributed by atoms with Gasteiger partial charge in [-0.1, -0.05) is 6.07 Å². The molecule has 0 atom stereocenters. The lowest BCUT2D eigenvalue weighted by molar-refractivity contribution is -0.696. The predicted molar refractivity (Wildman–Crippen MR) is 94.8 cm³/mol. The summed E-state index contributed by atoms with van der Waals surface area (Å²) in [6, 6.07) is 9.42. The van der Waals surface area contributed by atoms with Crippen LogP contribution in [0, 0.1) is 13.8 Å². The van der Waals surface area contributed by atoms with Gasteiger partial charge in [0.15, 0.2) is 18.9 Å². The van der Waals surface area contributed by atoms with E-state index in [4.69, 9.17) is 9.47 Å². The largest absolute Gasteiger partial charge is 0.423 e. The molecule has 3 rings (SSSR count). The van der Waals surface area contributed by atoms with Crippen LogP contribution in [0.1, 0.15) is 21.5 Å². The van der Waals surface area contributed by atoms with Gasteiger partial charge >= 0.3 is 5.97 Å². The smallest absolute Gasteiger partial charge is 0.343 e. The Balaban J connectivity index is 1.56. The number of benzene rings is 1. The number of aromatic nitrogens is 1. The summed E-state index contributed by atoms with van der Waals surface area (Å²) in [4.78, 5) is 14.7. The van der Waals surface area contributed by atoms with E-state index >= 15 is 0 Å². The number of carbonyl (C=O) groups is 1. The van der Waals surface area contributed by atoms with Crippen molar-refractivity contribution in [2.24, 2.45) is 0 Å². The molecule has 1 saturated heterocycles. The number of rotatable bonds is 5. The molecule has 0 unspecified atom stereocenters. The van der Waals surface area contributed by atoms with Gasteiger partial charge in [0.1, 0.15) is 5.75 Å². The first-order valence-electron chi connectivity index (χ1n) is 8.70. The number of nitrogens with zero attached hydrogens (tertiary/aromatic N) is 2. The van der Waals surface area contributed by atoms with E-state index in [1.54, 1.807) is 0 Å². The van der Waals surface area contributed by atoms with Gasteiger partial charge in [0, 0.05) is 25.2 Å². The molecular formula is C20H25N2O3+. The molecular weight excluding hydrogens is 316 g/mol. The van der Waals surface area contributed by atoms with Crippen molar-refractivity contribution in [3.8, 4) is 5.75 Å². The minimum absolute atomic E-state index is 0.328. The zero-order chi connectivity index (χ0) is 17.6. The van der Waals surface area contributed by atoms with E-state index in [1.807, 2.05) is 50.5 Å². The Morgan fingerprint density at radius 3 is 2.40 bits per heavy atom. The van der Waals surface area contributed by atoms with Gasteiger partial charge in [-0.2, -0.15) is 0 Å². The zero-order valence-corrected chi connectivity index (χ0v) is 14.9. The Morgan fingerprint density at radius 2 is 1.76 bits per heavy atom. The molecule has 0 bridgehead atoms. The second kappa shape index (κ2) is 8.23. The fourth-order valence-electron chi connectivity index (χ4n) is 2.98. The number of ether oxygens (including phenoxy) is 2. The third-order valence-corrected chi connectivity index (χ3v) is 4.31. The number of hydrogen-bond donors (Lipinski definition) is 0. The van der Waals surface area contributed by atoms with E-state index in [1.165, 1.54) is 0 Å². The predicted octanol–water partition coefficient (Wildman–Crippen LogP) is 2.14. The summed E-state index contributed by atoms with van der Waals surface area (Å²) in [5, 5.41) is 0. The van der Waals surface area contributed by atoms with Crippen molar-refractivity contribution in [2.45, 2.75) is 20.4 Å². The van der Waals surface area contributed by atoms with Crippen LogP contribution in [0.2, 0.25) is 0 Å². The van der Waals surface area contributed by atoms with Gasteiger partial charge in [0.2, 0.25) is 0 Å². The van der Waals surface area contributed by atoms with Gasteiger partial charge in [0.25, 0.3) is 0 Å². The summed E-state index contributed by atoms with van der Waals surface area (Å²) in [5.74, 6) is 0.261. The number of aryl methyl sites for hydroxylation is 2. The molecule has 0 amide bonds. The van der Waals surface area contributed by atoms with Gasteiger partial charge in [-0.3, -0.25) is 4.90 Å². The summed E-state index contributed by atoms with van der Waals surface area (Å²) >= 11 is 0. The molecule has 0 saturated carbocycles. The second-order valence-corrected chi connectivity index (χ2v) is 6.49. The topological polar surface area (TPSA) is 42.7 Å². The number of carbonyl (C=O) groups excluding carboxylic acids is 1. The molecule has 0 aliphatic carbocycles. The highest BCUT2D eigenvalue weighted by molar-refractivity contribution is 5.90. The van der Waals surface area contributed by atoms with Crippen LogP contribution in [-0.4, -0.2) is 43.7 Å². The average Bonchev–Trinajstić information content (AvgIpc) is 2.60. The quantitative estimate of drug-likeness (QED) is 0.475. The minimum atomic E-state index is -0.328. The fraction of sp³-hybridized carbons (Fsp3) is 0.400. The number of esters is 1. The van der Waals surface area contributed by atoms with E-state index in [-0.39, 0.29) is 5.97 Å². The maximum Gasteiger partial charge on any atom is 0.343 e. The lowest BCUT2D eigenvalue weighted by Gasteiger charge is -2.25. The summed E-state index contributed by atoms with van der Waals surface area (Å²) in [7, 11) is 0. The van der Waals surface area contributed by atoms with Crippen molar-refractivity contribution >= 4 is 5.97 Å². The second-order valence-electron chi connectivity index (χ2n) is 6.49. The fourth-order valence-corrected chi connectivity index (χ4v) is 2.98. The molecule has 1 aromatic carbocycles. The highest BCUT2D eigenvalue weighted by atomic mass is 16.5. The third-order valence-electron chi connectivity index (χ3n) is 4.31. The summed E-state index contributed by atoms with van der Waals surface area (Å²) < 4.78 is 12.9. The molecule has 0 spiro atoms. The molecule has 2 aromatic rings. The van der Waals surface area contributed by atoms with E-state index in [2.05, 4.69) is 15.5 Å². The highest BCUT2D eigenvalue weighted by Gasteiger charge is 2.14. The van der Waals surface area contributed by atoms with Gasteiger partial charge in [0.05, 0.1) is 25.3 Å². The first kappa shape index (κ1) is 17.6. The number of pyridine rings is 1. The van der Waals surface area contributed by atoms with Crippen molar-refractivity contribution in [2.75, 3.05) is 32.8 Å². The molecule has 25 heavy (non-hydrogen) atoms. The van der Waals surface area contributed by atoms with Crippen molar-refractivity contribution in [3.63, 3.8) is 0 Å². The van der Waals surface area contributed by atoms with Gasteiger partial charge in [-0.15, -0.1) is 0 Å². The minimum Gasteiger partial charge on any atom is -0.423 e. The molecule has 1 aliphatic rings. The van der Waals surface area contributed by atoms with Crippen molar-refractivity contribution in [3.05, 3.63) is 59.4 Å². The van der Waals surface area contributed by atoms with Crippen molar-refractivity contribution in [1.82, 2.24) is 4.90 Å². The normalized spacial score (nSPS) is 15.1. The van der Waals surface area contributed by atoms with Crippen molar-refractivity contribution in [1.29, 1.82) is 0 Å². The standard InChI is InChI=1S/C20H25N2O3/c1-16-13-17(2)15-19(14-16)25-20(23)18-3-5-21(6-4-18)7-8-22-9-11-24-12-10-22/h3-6,13-15H,7-12H2,1-2H3/q+1. The number of morpholine rings is 1. The van der Waals surface area contributed by atoms with Crippen LogP contribution in [0.25, 0.3) is 0 Å². The van der Waals surface area contributed by atoms with Gasteiger partial charge < -0.3 is 9.47 Å². The molecule has 1 aromatic heterocycles. The summed E-state index contributed by atoms with van der Waals surface area (Å²) in [6.45, 7) is 9.46. The molecule has 0 N–H and O–H groups in total. The van der Waals surface area contributed by atoms with Crippen LogP contribution in [-0.2, 0) is 11.3 Å². The Kier molecular flexibility index (Phi) is 5.79. The molecule has 5 nitrogen and oxygen atoms in total. The SMILES string of the molecule is Cc1cc(C)cc(OC(=O)c2cc[n+](CCN3CCOCC3)cc2)c1. The third kappa shape index (κ3) is 5.11. The average molecular weight is 341 g/mol. The van der Waals surface area contributed by atoms with Crippen LogP contribution in [0.15, 0.2) is 42.7 Å².